The minimum atomic E-state index is 0.948. The molecule has 3 heteroatoms. The fraction of sp³-hybridized carbons (Fsp3) is 0.118. The minimum absolute atomic E-state index is 0.948. The Morgan fingerprint density at radius 2 is 1.85 bits per heavy atom. The standard InChI is InChI=1S/C17H15N3/c1-2-6-15-13(5-1)11-14(12-19-15)20-10-9-18-16-7-3-4-8-17(16)20/h1-8,11-12,18H,9-10H2. The molecule has 2 heterocycles. The van der Waals surface area contributed by atoms with Gasteiger partial charge in [0.2, 0.25) is 0 Å². The van der Waals surface area contributed by atoms with Crippen LogP contribution in [0.3, 0.4) is 0 Å². The predicted octanol–water partition coefficient (Wildman–Crippen LogP) is 3.80. The molecule has 4 rings (SSSR count). The molecule has 0 atom stereocenters. The normalized spacial score (nSPS) is 13.9. The summed E-state index contributed by atoms with van der Waals surface area (Å²) in [4.78, 5) is 6.89. The highest BCUT2D eigenvalue weighted by Crippen LogP contribution is 2.34. The van der Waals surface area contributed by atoms with Crippen LogP contribution in [0.1, 0.15) is 0 Å². The van der Waals surface area contributed by atoms with E-state index in [2.05, 4.69) is 57.7 Å². The molecule has 0 saturated heterocycles. The molecule has 0 amide bonds. The highest BCUT2D eigenvalue weighted by Gasteiger charge is 2.17. The van der Waals surface area contributed by atoms with Crippen LogP contribution in [0.25, 0.3) is 10.9 Å². The van der Waals surface area contributed by atoms with Gasteiger partial charge in [0.25, 0.3) is 0 Å². The molecule has 0 aliphatic carbocycles. The van der Waals surface area contributed by atoms with Crippen molar-refractivity contribution in [1.29, 1.82) is 0 Å². The van der Waals surface area contributed by atoms with Crippen molar-refractivity contribution in [3.63, 3.8) is 0 Å². The van der Waals surface area contributed by atoms with Crippen molar-refractivity contribution < 1.29 is 0 Å². The van der Waals surface area contributed by atoms with E-state index in [0.29, 0.717) is 0 Å². The van der Waals surface area contributed by atoms with Gasteiger partial charge in [0.1, 0.15) is 0 Å². The molecule has 1 aromatic heterocycles. The summed E-state index contributed by atoms with van der Waals surface area (Å²) in [5.74, 6) is 0. The maximum Gasteiger partial charge on any atom is 0.0703 e. The van der Waals surface area contributed by atoms with Gasteiger partial charge in [-0.1, -0.05) is 30.3 Å². The molecule has 0 saturated carbocycles. The number of fused-ring (bicyclic) bond motifs is 2. The zero-order valence-corrected chi connectivity index (χ0v) is 11.1. The molecule has 0 fully saturated rings. The summed E-state index contributed by atoms with van der Waals surface area (Å²) in [5.41, 5.74) is 4.60. The molecule has 0 spiro atoms. The van der Waals surface area contributed by atoms with Crippen LogP contribution in [0.5, 0.6) is 0 Å². The van der Waals surface area contributed by atoms with E-state index in [-0.39, 0.29) is 0 Å². The van der Waals surface area contributed by atoms with Crippen LogP contribution in [0.15, 0.2) is 60.8 Å². The van der Waals surface area contributed by atoms with Crippen LogP contribution >= 0.6 is 0 Å². The smallest absolute Gasteiger partial charge is 0.0703 e. The van der Waals surface area contributed by atoms with E-state index in [0.717, 1.165) is 24.3 Å². The van der Waals surface area contributed by atoms with E-state index in [4.69, 9.17) is 0 Å². The topological polar surface area (TPSA) is 28.2 Å². The van der Waals surface area contributed by atoms with E-state index in [1.54, 1.807) is 0 Å². The van der Waals surface area contributed by atoms with Gasteiger partial charge in [-0.05, 0) is 24.3 Å². The van der Waals surface area contributed by atoms with E-state index in [1.807, 2.05) is 18.3 Å². The van der Waals surface area contributed by atoms with Crippen LogP contribution in [0.4, 0.5) is 17.1 Å². The Balaban J connectivity index is 1.84. The lowest BCUT2D eigenvalue weighted by atomic mass is 10.1. The number of rotatable bonds is 1. The Kier molecular flexibility index (Phi) is 2.56. The molecular formula is C17H15N3. The largest absolute Gasteiger partial charge is 0.382 e. The average molecular weight is 261 g/mol. The van der Waals surface area contributed by atoms with Crippen LogP contribution < -0.4 is 10.2 Å². The summed E-state index contributed by atoms with van der Waals surface area (Å²) >= 11 is 0. The number of anilines is 3. The molecule has 0 radical (unpaired) electrons. The Morgan fingerprint density at radius 1 is 1.00 bits per heavy atom. The van der Waals surface area contributed by atoms with E-state index in [1.165, 1.54) is 16.8 Å². The summed E-state index contributed by atoms with van der Waals surface area (Å²) in [7, 11) is 0. The van der Waals surface area contributed by atoms with Crippen molar-refractivity contribution in [2.75, 3.05) is 23.3 Å². The number of hydrogen-bond donors (Lipinski definition) is 1. The highest BCUT2D eigenvalue weighted by molar-refractivity contribution is 5.85. The van der Waals surface area contributed by atoms with Gasteiger partial charge in [-0.25, -0.2) is 0 Å². The Morgan fingerprint density at radius 3 is 2.85 bits per heavy atom. The second-order valence-electron chi connectivity index (χ2n) is 4.98. The van der Waals surface area contributed by atoms with E-state index in [9.17, 15) is 0 Å². The number of hydrogen-bond acceptors (Lipinski definition) is 3. The second-order valence-corrected chi connectivity index (χ2v) is 4.98. The first kappa shape index (κ1) is 11.3. The van der Waals surface area contributed by atoms with Gasteiger partial charge < -0.3 is 10.2 Å². The van der Waals surface area contributed by atoms with Crippen molar-refractivity contribution in [3.05, 3.63) is 60.8 Å². The number of nitrogens with one attached hydrogen (secondary N) is 1. The van der Waals surface area contributed by atoms with Gasteiger partial charge in [0.15, 0.2) is 0 Å². The van der Waals surface area contributed by atoms with Crippen LogP contribution in [-0.2, 0) is 0 Å². The van der Waals surface area contributed by atoms with Gasteiger partial charge in [-0.15, -0.1) is 0 Å². The monoisotopic (exact) mass is 261 g/mol. The number of para-hydroxylation sites is 3. The van der Waals surface area contributed by atoms with Crippen molar-refractivity contribution in [3.8, 4) is 0 Å². The van der Waals surface area contributed by atoms with Crippen molar-refractivity contribution in [1.82, 2.24) is 4.98 Å². The molecule has 0 unspecified atom stereocenters. The molecule has 1 aliphatic heterocycles. The summed E-state index contributed by atoms with van der Waals surface area (Å²) in [6, 6.07) is 18.9. The lowest BCUT2D eigenvalue weighted by Gasteiger charge is -2.31. The molecule has 3 aromatic rings. The minimum Gasteiger partial charge on any atom is -0.382 e. The highest BCUT2D eigenvalue weighted by atomic mass is 15.2. The molecule has 3 nitrogen and oxygen atoms in total. The third-order valence-corrected chi connectivity index (χ3v) is 3.73. The number of pyridine rings is 1. The zero-order valence-electron chi connectivity index (χ0n) is 11.1. The summed E-state index contributed by atoms with van der Waals surface area (Å²) in [6.45, 7) is 1.90. The molecule has 0 bridgehead atoms. The Bertz CT molecular complexity index is 767. The fourth-order valence-electron chi connectivity index (χ4n) is 2.76. The first-order valence-corrected chi connectivity index (χ1v) is 6.87. The number of nitrogens with zero attached hydrogens (tertiary/aromatic N) is 2. The molecule has 1 N–H and O–H groups in total. The predicted molar refractivity (Wildman–Crippen MR) is 83.7 cm³/mol. The van der Waals surface area contributed by atoms with Crippen LogP contribution in [-0.4, -0.2) is 18.1 Å². The van der Waals surface area contributed by atoms with Crippen molar-refractivity contribution >= 4 is 28.0 Å². The average Bonchev–Trinajstić information content (AvgIpc) is 2.54. The quantitative estimate of drug-likeness (QED) is 0.722. The lowest BCUT2D eigenvalue weighted by molar-refractivity contribution is 0.925. The van der Waals surface area contributed by atoms with Crippen molar-refractivity contribution in [2.45, 2.75) is 0 Å². The molecule has 2 aromatic carbocycles. The van der Waals surface area contributed by atoms with E-state index >= 15 is 0 Å². The SMILES string of the molecule is c1ccc2c(c1)NCCN2c1cnc2ccccc2c1. The van der Waals surface area contributed by atoms with Crippen LogP contribution in [0.2, 0.25) is 0 Å². The molecule has 98 valence electrons. The third kappa shape index (κ3) is 1.79. The van der Waals surface area contributed by atoms with E-state index < -0.39 is 0 Å². The first-order valence-electron chi connectivity index (χ1n) is 6.87. The van der Waals surface area contributed by atoms with Gasteiger partial charge in [0.05, 0.1) is 28.8 Å². The van der Waals surface area contributed by atoms with Gasteiger partial charge in [-0.2, -0.15) is 0 Å². The Hall–Kier alpha value is -2.55. The van der Waals surface area contributed by atoms with Gasteiger partial charge in [-0.3, -0.25) is 4.98 Å². The summed E-state index contributed by atoms with van der Waals surface area (Å²) in [6.07, 6.45) is 1.96. The molecular weight excluding hydrogens is 246 g/mol. The first-order chi connectivity index (χ1) is 9.92. The number of benzene rings is 2. The molecule has 1 aliphatic rings. The summed E-state index contributed by atoms with van der Waals surface area (Å²) in [5, 5.41) is 4.62. The van der Waals surface area contributed by atoms with Gasteiger partial charge in [0, 0.05) is 18.5 Å². The zero-order chi connectivity index (χ0) is 13.4. The summed E-state index contributed by atoms with van der Waals surface area (Å²) < 4.78 is 0. The lowest BCUT2D eigenvalue weighted by Crippen LogP contribution is -2.30. The maximum atomic E-state index is 4.57. The molecule has 20 heavy (non-hydrogen) atoms. The number of aromatic nitrogens is 1. The maximum absolute atomic E-state index is 4.57. The fourth-order valence-corrected chi connectivity index (χ4v) is 2.76. The third-order valence-electron chi connectivity index (χ3n) is 3.73. The van der Waals surface area contributed by atoms with Crippen molar-refractivity contribution in [2.24, 2.45) is 0 Å². The Labute approximate surface area is 117 Å². The second kappa shape index (κ2) is 4.53. The van der Waals surface area contributed by atoms with Crippen LogP contribution in [0, 0.1) is 0 Å². The van der Waals surface area contributed by atoms with Gasteiger partial charge >= 0.3 is 0 Å².